The Kier molecular flexibility index (Phi) is 4.89. The van der Waals surface area contributed by atoms with Gasteiger partial charge in [0, 0.05) is 27.7 Å². The van der Waals surface area contributed by atoms with Crippen molar-refractivity contribution in [1.82, 2.24) is 15.0 Å². The van der Waals surface area contributed by atoms with Crippen LogP contribution in [-0.2, 0) is 0 Å². The molecule has 0 spiro atoms. The Bertz CT molecular complexity index is 982. The molecule has 0 bridgehead atoms. The molecule has 1 fully saturated rings. The third-order valence-electron chi connectivity index (χ3n) is 4.63. The van der Waals surface area contributed by atoms with Crippen LogP contribution in [0.3, 0.4) is 0 Å². The van der Waals surface area contributed by atoms with Crippen molar-refractivity contribution in [2.45, 2.75) is 25.8 Å². The lowest BCUT2D eigenvalue weighted by Crippen LogP contribution is -2.30. The molecule has 5 nitrogen and oxygen atoms in total. The fourth-order valence-electron chi connectivity index (χ4n) is 3.38. The summed E-state index contributed by atoms with van der Waals surface area (Å²) < 4.78 is 5.50. The number of hydrogen-bond acceptors (Lipinski definition) is 4. The first-order valence-corrected chi connectivity index (χ1v) is 9.44. The molecule has 0 aliphatic carbocycles. The van der Waals surface area contributed by atoms with Gasteiger partial charge in [-0.25, -0.2) is 0 Å². The van der Waals surface area contributed by atoms with Gasteiger partial charge in [0.15, 0.2) is 0 Å². The Morgan fingerprint density at radius 3 is 2.70 bits per heavy atom. The SMILES string of the molecule is Cc1cccc(-c2noc([C@H]3CCCN3C(=O)c3cc(Cl)cc(Cl)c3)n2)c1. The normalized spacial score (nSPS) is 16.7. The van der Waals surface area contributed by atoms with Crippen molar-refractivity contribution < 1.29 is 9.32 Å². The summed E-state index contributed by atoms with van der Waals surface area (Å²) in [5.74, 6) is 0.835. The second-order valence-corrected chi connectivity index (χ2v) is 7.51. The molecule has 2 heterocycles. The number of carbonyl (C=O) groups excluding carboxylic acids is 1. The minimum atomic E-state index is -0.249. The van der Waals surface area contributed by atoms with E-state index in [1.165, 1.54) is 0 Å². The highest BCUT2D eigenvalue weighted by atomic mass is 35.5. The van der Waals surface area contributed by atoms with Crippen LogP contribution < -0.4 is 0 Å². The molecule has 1 amide bonds. The molecule has 1 aromatic heterocycles. The number of benzene rings is 2. The summed E-state index contributed by atoms with van der Waals surface area (Å²) >= 11 is 12.1. The molecule has 1 atom stereocenters. The van der Waals surface area contributed by atoms with Crippen LogP contribution in [0.4, 0.5) is 0 Å². The van der Waals surface area contributed by atoms with Crippen LogP contribution in [0.5, 0.6) is 0 Å². The van der Waals surface area contributed by atoms with E-state index in [9.17, 15) is 4.79 Å². The zero-order valence-electron chi connectivity index (χ0n) is 14.7. The van der Waals surface area contributed by atoms with E-state index in [1.54, 1.807) is 23.1 Å². The number of rotatable bonds is 3. The maximum absolute atomic E-state index is 13.0. The van der Waals surface area contributed by atoms with E-state index in [0.29, 0.717) is 33.9 Å². The number of halogens is 2. The van der Waals surface area contributed by atoms with Gasteiger partial charge in [-0.15, -0.1) is 0 Å². The van der Waals surface area contributed by atoms with Crippen LogP contribution in [0.15, 0.2) is 47.0 Å². The van der Waals surface area contributed by atoms with Gasteiger partial charge in [-0.1, -0.05) is 52.1 Å². The summed E-state index contributed by atoms with van der Waals surface area (Å²) in [6.45, 7) is 2.63. The number of aromatic nitrogens is 2. The zero-order valence-corrected chi connectivity index (χ0v) is 16.2. The molecule has 27 heavy (non-hydrogen) atoms. The Balaban J connectivity index is 1.61. The molecule has 4 rings (SSSR count). The smallest absolute Gasteiger partial charge is 0.254 e. The third-order valence-corrected chi connectivity index (χ3v) is 5.06. The first-order valence-electron chi connectivity index (χ1n) is 8.69. The molecule has 7 heteroatoms. The molecule has 1 aliphatic rings. The highest BCUT2D eigenvalue weighted by molar-refractivity contribution is 6.35. The fourth-order valence-corrected chi connectivity index (χ4v) is 3.91. The van der Waals surface area contributed by atoms with E-state index in [-0.39, 0.29) is 11.9 Å². The molecule has 1 aliphatic heterocycles. The van der Waals surface area contributed by atoms with Gasteiger partial charge in [0.05, 0.1) is 0 Å². The van der Waals surface area contributed by atoms with Crippen LogP contribution >= 0.6 is 23.2 Å². The van der Waals surface area contributed by atoms with Crippen LogP contribution in [0, 0.1) is 6.92 Å². The van der Waals surface area contributed by atoms with Crippen molar-refractivity contribution in [3.63, 3.8) is 0 Å². The Labute approximate surface area is 166 Å². The summed E-state index contributed by atoms with van der Waals surface area (Å²) in [6, 6.07) is 12.5. The molecule has 3 aromatic rings. The first-order chi connectivity index (χ1) is 13.0. The van der Waals surface area contributed by atoms with Gasteiger partial charge in [0.2, 0.25) is 11.7 Å². The number of hydrogen-bond donors (Lipinski definition) is 0. The standard InChI is InChI=1S/C20H17Cl2N3O2/c1-12-4-2-5-13(8-12)18-23-19(27-24-18)17-6-3-7-25(17)20(26)14-9-15(21)11-16(22)10-14/h2,4-5,8-11,17H,3,6-7H2,1H3/t17-/m1/s1. The molecule has 138 valence electrons. The maximum Gasteiger partial charge on any atom is 0.254 e. The molecule has 1 saturated heterocycles. The van der Waals surface area contributed by atoms with Crippen molar-refractivity contribution in [1.29, 1.82) is 0 Å². The second kappa shape index (κ2) is 7.33. The molecular weight excluding hydrogens is 385 g/mol. The number of aryl methyl sites for hydroxylation is 1. The van der Waals surface area contributed by atoms with E-state index in [4.69, 9.17) is 27.7 Å². The average Bonchev–Trinajstić information content (AvgIpc) is 3.29. The largest absolute Gasteiger partial charge is 0.337 e. The molecule has 0 N–H and O–H groups in total. The summed E-state index contributed by atoms with van der Waals surface area (Å²) in [6.07, 6.45) is 1.64. The van der Waals surface area contributed by atoms with Gasteiger partial charge in [-0.2, -0.15) is 4.98 Å². The quantitative estimate of drug-likeness (QED) is 0.594. The van der Waals surface area contributed by atoms with Crippen molar-refractivity contribution in [3.8, 4) is 11.4 Å². The summed E-state index contributed by atoms with van der Waals surface area (Å²) in [4.78, 5) is 19.3. The van der Waals surface area contributed by atoms with E-state index >= 15 is 0 Å². The maximum atomic E-state index is 13.0. The monoisotopic (exact) mass is 401 g/mol. The molecule has 0 unspecified atom stereocenters. The lowest BCUT2D eigenvalue weighted by molar-refractivity contribution is 0.0710. The minimum Gasteiger partial charge on any atom is -0.337 e. The Morgan fingerprint density at radius 1 is 1.19 bits per heavy atom. The lowest BCUT2D eigenvalue weighted by atomic mass is 10.1. The van der Waals surface area contributed by atoms with Crippen molar-refractivity contribution in [2.24, 2.45) is 0 Å². The van der Waals surface area contributed by atoms with Gasteiger partial charge >= 0.3 is 0 Å². The lowest BCUT2D eigenvalue weighted by Gasteiger charge is -2.22. The molecule has 2 aromatic carbocycles. The summed E-state index contributed by atoms with van der Waals surface area (Å²) in [5.41, 5.74) is 2.47. The fraction of sp³-hybridized carbons (Fsp3) is 0.250. The first kappa shape index (κ1) is 18.0. The summed E-state index contributed by atoms with van der Waals surface area (Å²) in [7, 11) is 0. The molecular formula is C20H17Cl2N3O2. The van der Waals surface area contributed by atoms with Crippen molar-refractivity contribution in [2.75, 3.05) is 6.54 Å². The van der Waals surface area contributed by atoms with Crippen LogP contribution in [0.2, 0.25) is 10.0 Å². The van der Waals surface area contributed by atoms with E-state index in [2.05, 4.69) is 10.1 Å². The topological polar surface area (TPSA) is 59.2 Å². The Morgan fingerprint density at radius 2 is 1.96 bits per heavy atom. The van der Waals surface area contributed by atoms with Crippen molar-refractivity contribution in [3.05, 3.63) is 69.5 Å². The predicted molar refractivity (Wildman–Crippen MR) is 104 cm³/mol. The minimum absolute atomic E-state index is 0.141. The van der Waals surface area contributed by atoms with Crippen LogP contribution in [0.25, 0.3) is 11.4 Å². The van der Waals surface area contributed by atoms with E-state index < -0.39 is 0 Å². The highest BCUT2D eigenvalue weighted by Gasteiger charge is 2.34. The van der Waals surface area contributed by atoms with E-state index in [1.807, 2.05) is 31.2 Å². The predicted octanol–water partition coefficient (Wildman–Crippen LogP) is 5.33. The second-order valence-electron chi connectivity index (χ2n) is 6.64. The van der Waals surface area contributed by atoms with Crippen LogP contribution in [-0.4, -0.2) is 27.5 Å². The van der Waals surface area contributed by atoms with Gasteiger partial charge in [0.1, 0.15) is 6.04 Å². The van der Waals surface area contributed by atoms with Gasteiger partial charge in [-0.05, 0) is 44.0 Å². The van der Waals surface area contributed by atoms with E-state index in [0.717, 1.165) is 24.0 Å². The highest BCUT2D eigenvalue weighted by Crippen LogP contribution is 2.34. The molecule has 0 radical (unpaired) electrons. The number of carbonyl (C=O) groups is 1. The molecule has 0 saturated carbocycles. The Hall–Kier alpha value is -2.37. The summed E-state index contributed by atoms with van der Waals surface area (Å²) in [5, 5.41) is 4.96. The zero-order chi connectivity index (χ0) is 19.0. The third kappa shape index (κ3) is 3.70. The number of amides is 1. The number of nitrogens with zero attached hydrogens (tertiary/aromatic N) is 3. The van der Waals surface area contributed by atoms with Gasteiger partial charge in [-0.3, -0.25) is 4.79 Å². The van der Waals surface area contributed by atoms with Gasteiger partial charge in [0.25, 0.3) is 5.91 Å². The van der Waals surface area contributed by atoms with Crippen molar-refractivity contribution >= 4 is 29.1 Å². The van der Waals surface area contributed by atoms with Gasteiger partial charge < -0.3 is 9.42 Å². The van der Waals surface area contributed by atoms with Crippen LogP contribution in [0.1, 0.15) is 40.7 Å². The number of likely N-dealkylation sites (tertiary alicyclic amines) is 1. The average molecular weight is 402 g/mol.